The number of halogens is 3. The molecule has 1 saturated carbocycles. The van der Waals surface area contributed by atoms with E-state index >= 15 is 0 Å². The van der Waals surface area contributed by atoms with E-state index in [4.69, 9.17) is 4.74 Å². The highest BCUT2D eigenvalue weighted by Crippen LogP contribution is 2.40. The Hall–Kier alpha value is -1.52. The van der Waals surface area contributed by atoms with Crippen LogP contribution >= 0.6 is 0 Å². The van der Waals surface area contributed by atoms with Crippen LogP contribution in [0.5, 0.6) is 5.75 Å². The summed E-state index contributed by atoms with van der Waals surface area (Å²) >= 11 is 0. The van der Waals surface area contributed by atoms with Crippen molar-refractivity contribution in [1.29, 1.82) is 0 Å². The summed E-state index contributed by atoms with van der Waals surface area (Å²) in [6.45, 7) is 1.89. The summed E-state index contributed by atoms with van der Waals surface area (Å²) in [5.74, 6) is -0.234. The molecule has 1 aliphatic rings. The SMILES string of the molecule is COc1cnc(C)cc1/C=C/C1CCC(C(F)(F)F)CC1. The zero-order valence-corrected chi connectivity index (χ0v) is 12.3. The van der Waals surface area contributed by atoms with Crippen LogP contribution in [0.3, 0.4) is 0 Å². The molecule has 1 heterocycles. The number of allylic oxidation sites excluding steroid dienone is 1. The number of pyridine rings is 1. The van der Waals surface area contributed by atoms with Gasteiger partial charge in [-0.3, -0.25) is 4.98 Å². The normalized spacial score (nSPS) is 23.5. The Kier molecular flexibility index (Phi) is 4.91. The van der Waals surface area contributed by atoms with Gasteiger partial charge in [0.1, 0.15) is 5.75 Å². The maximum atomic E-state index is 12.6. The van der Waals surface area contributed by atoms with Crippen molar-refractivity contribution >= 4 is 6.08 Å². The molecule has 5 heteroatoms. The number of nitrogens with zero attached hydrogens (tertiary/aromatic N) is 1. The minimum atomic E-state index is -4.04. The number of rotatable bonds is 3. The Morgan fingerprint density at radius 3 is 2.48 bits per heavy atom. The van der Waals surface area contributed by atoms with E-state index in [2.05, 4.69) is 4.98 Å². The van der Waals surface area contributed by atoms with Crippen molar-refractivity contribution in [2.75, 3.05) is 7.11 Å². The molecule has 0 aliphatic heterocycles. The summed E-state index contributed by atoms with van der Waals surface area (Å²) < 4.78 is 43.1. The quantitative estimate of drug-likeness (QED) is 0.801. The van der Waals surface area contributed by atoms with Crippen molar-refractivity contribution in [2.45, 2.75) is 38.8 Å². The molecule has 1 aromatic rings. The fourth-order valence-electron chi connectivity index (χ4n) is 2.75. The summed E-state index contributed by atoms with van der Waals surface area (Å²) in [5, 5.41) is 0. The van der Waals surface area contributed by atoms with Crippen LogP contribution in [-0.4, -0.2) is 18.3 Å². The fraction of sp³-hybridized carbons (Fsp3) is 0.562. The van der Waals surface area contributed by atoms with E-state index in [9.17, 15) is 13.2 Å². The highest BCUT2D eigenvalue weighted by Gasteiger charge is 2.40. The molecular weight excluding hydrogens is 279 g/mol. The second-order valence-corrected chi connectivity index (χ2v) is 5.58. The molecule has 2 rings (SSSR count). The molecular formula is C16H20F3NO. The van der Waals surface area contributed by atoms with Gasteiger partial charge in [0.25, 0.3) is 0 Å². The number of hydrogen-bond donors (Lipinski definition) is 0. The summed E-state index contributed by atoms with van der Waals surface area (Å²) in [5.41, 5.74) is 1.80. The van der Waals surface area contributed by atoms with Crippen LogP contribution < -0.4 is 4.74 Å². The lowest BCUT2D eigenvalue weighted by atomic mass is 9.81. The Bertz CT molecular complexity index is 503. The average molecular weight is 299 g/mol. The van der Waals surface area contributed by atoms with Gasteiger partial charge in [-0.1, -0.05) is 12.2 Å². The van der Waals surface area contributed by atoms with Crippen LogP contribution in [0.15, 0.2) is 18.3 Å². The number of hydrogen-bond acceptors (Lipinski definition) is 2. The lowest BCUT2D eigenvalue weighted by Crippen LogP contribution is -2.27. The Labute approximate surface area is 123 Å². The summed E-state index contributed by atoms with van der Waals surface area (Å²) in [6.07, 6.45) is 3.20. The van der Waals surface area contributed by atoms with Gasteiger partial charge < -0.3 is 4.74 Å². The first-order valence-corrected chi connectivity index (χ1v) is 7.15. The predicted octanol–water partition coefficient (Wildman–Crippen LogP) is 4.78. The molecule has 1 aromatic heterocycles. The van der Waals surface area contributed by atoms with Crippen molar-refractivity contribution in [3.8, 4) is 5.75 Å². The zero-order chi connectivity index (χ0) is 15.5. The van der Waals surface area contributed by atoms with Gasteiger partial charge in [0, 0.05) is 11.3 Å². The molecule has 0 radical (unpaired) electrons. The van der Waals surface area contributed by atoms with E-state index in [1.807, 2.05) is 25.1 Å². The number of methoxy groups -OCH3 is 1. The lowest BCUT2D eigenvalue weighted by Gasteiger charge is -2.28. The highest BCUT2D eigenvalue weighted by atomic mass is 19.4. The molecule has 2 nitrogen and oxygen atoms in total. The largest absolute Gasteiger partial charge is 0.495 e. The average Bonchev–Trinajstić information content (AvgIpc) is 2.45. The minimum Gasteiger partial charge on any atom is -0.495 e. The molecule has 0 saturated heterocycles. The first-order chi connectivity index (χ1) is 9.90. The highest BCUT2D eigenvalue weighted by molar-refractivity contribution is 5.57. The summed E-state index contributed by atoms with van der Waals surface area (Å²) in [6, 6.07) is 1.91. The third-order valence-electron chi connectivity index (χ3n) is 4.04. The molecule has 0 atom stereocenters. The van der Waals surface area contributed by atoms with E-state index in [-0.39, 0.29) is 18.8 Å². The van der Waals surface area contributed by atoms with Gasteiger partial charge in [0.05, 0.1) is 19.2 Å². The van der Waals surface area contributed by atoms with Crippen LogP contribution in [-0.2, 0) is 0 Å². The second kappa shape index (κ2) is 6.50. The van der Waals surface area contributed by atoms with Crippen molar-refractivity contribution in [1.82, 2.24) is 4.98 Å². The fourth-order valence-corrected chi connectivity index (χ4v) is 2.75. The number of aromatic nitrogens is 1. The van der Waals surface area contributed by atoms with Crippen molar-refractivity contribution in [3.05, 3.63) is 29.6 Å². The van der Waals surface area contributed by atoms with E-state index in [0.29, 0.717) is 18.6 Å². The van der Waals surface area contributed by atoms with Crippen LogP contribution in [0.2, 0.25) is 0 Å². The number of alkyl halides is 3. The van der Waals surface area contributed by atoms with Crippen LogP contribution in [0, 0.1) is 18.8 Å². The Morgan fingerprint density at radius 1 is 1.24 bits per heavy atom. The van der Waals surface area contributed by atoms with E-state index in [1.165, 1.54) is 0 Å². The molecule has 0 amide bonds. The van der Waals surface area contributed by atoms with Crippen LogP contribution in [0.4, 0.5) is 13.2 Å². The zero-order valence-electron chi connectivity index (χ0n) is 12.3. The van der Waals surface area contributed by atoms with Gasteiger partial charge in [-0.25, -0.2) is 0 Å². The monoisotopic (exact) mass is 299 g/mol. The molecule has 21 heavy (non-hydrogen) atoms. The van der Waals surface area contributed by atoms with Crippen LogP contribution in [0.1, 0.15) is 36.9 Å². The topological polar surface area (TPSA) is 22.1 Å². The van der Waals surface area contributed by atoms with Crippen LogP contribution in [0.25, 0.3) is 6.08 Å². The third kappa shape index (κ3) is 4.22. The van der Waals surface area contributed by atoms with Crippen molar-refractivity contribution < 1.29 is 17.9 Å². The van der Waals surface area contributed by atoms with Gasteiger partial charge in [-0.05, 0) is 44.6 Å². The third-order valence-corrected chi connectivity index (χ3v) is 4.04. The lowest BCUT2D eigenvalue weighted by molar-refractivity contribution is -0.183. The minimum absolute atomic E-state index is 0.210. The second-order valence-electron chi connectivity index (χ2n) is 5.58. The first-order valence-electron chi connectivity index (χ1n) is 7.15. The van der Waals surface area contributed by atoms with Gasteiger partial charge in [0.2, 0.25) is 0 Å². The molecule has 0 spiro atoms. The maximum absolute atomic E-state index is 12.6. The van der Waals surface area contributed by atoms with Gasteiger partial charge in [0.15, 0.2) is 0 Å². The maximum Gasteiger partial charge on any atom is 0.391 e. The van der Waals surface area contributed by atoms with E-state index in [0.717, 1.165) is 11.3 Å². The molecule has 0 aromatic carbocycles. The molecule has 116 valence electrons. The molecule has 1 fully saturated rings. The number of aryl methyl sites for hydroxylation is 1. The smallest absolute Gasteiger partial charge is 0.391 e. The van der Waals surface area contributed by atoms with Crippen molar-refractivity contribution in [2.24, 2.45) is 11.8 Å². The van der Waals surface area contributed by atoms with Gasteiger partial charge >= 0.3 is 6.18 Å². The van der Waals surface area contributed by atoms with Crippen molar-refractivity contribution in [3.63, 3.8) is 0 Å². The Balaban J connectivity index is 1.99. The molecule has 0 bridgehead atoms. The summed E-state index contributed by atoms with van der Waals surface area (Å²) in [7, 11) is 1.58. The number of ether oxygens (including phenoxy) is 1. The van der Waals surface area contributed by atoms with Gasteiger partial charge in [-0.2, -0.15) is 13.2 Å². The molecule has 0 N–H and O–H groups in total. The predicted molar refractivity (Wildman–Crippen MR) is 76.1 cm³/mol. The standard InChI is InChI=1S/C16H20F3NO/c1-11-9-13(15(21-2)10-20-11)6-3-12-4-7-14(8-5-12)16(17,18)19/h3,6,9-10,12,14H,4-5,7-8H2,1-2H3/b6-3+. The van der Waals surface area contributed by atoms with E-state index < -0.39 is 12.1 Å². The first kappa shape index (κ1) is 15.9. The molecule has 0 unspecified atom stereocenters. The summed E-state index contributed by atoms with van der Waals surface area (Å²) in [4.78, 5) is 4.16. The molecule has 1 aliphatic carbocycles. The van der Waals surface area contributed by atoms with E-state index in [1.54, 1.807) is 13.3 Å². The van der Waals surface area contributed by atoms with Gasteiger partial charge in [-0.15, -0.1) is 0 Å². The Morgan fingerprint density at radius 2 is 1.90 bits per heavy atom.